The molecular weight excluding hydrogens is 270 g/mol. The largest absolute Gasteiger partial charge is 0.356 e. The van der Waals surface area contributed by atoms with Crippen LogP contribution in [0.3, 0.4) is 0 Å². The first-order valence-electron chi connectivity index (χ1n) is 7.17. The van der Waals surface area contributed by atoms with Crippen molar-refractivity contribution in [2.24, 2.45) is 10.9 Å². The zero-order valence-corrected chi connectivity index (χ0v) is 13.6. The van der Waals surface area contributed by atoms with E-state index in [1.807, 2.05) is 42.0 Å². The monoisotopic (exact) mass is 297 g/mol. The van der Waals surface area contributed by atoms with Crippen LogP contribution in [0, 0.1) is 5.92 Å². The van der Waals surface area contributed by atoms with Gasteiger partial charge < -0.3 is 10.6 Å². The zero-order chi connectivity index (χ0) is 14.6. The molecule has 2 N–H and O–H groups in total. The number of nitrogens with one attached hydrogen (secondary N) is 2. The topological polar surface area (TPSA) is 54.2 Å². The second-order valence-electron chi connectivity index (χ2n) is 4.91. The Morgan fingerprint density at radius 2 is 2.25 bits per heavy atom. The maximum Gasteiger partial charge on any atom is 0.190 e. The summed E-state index contributed by atoms with van der Waals surface area (Å²) in [5, 5.41) is 10.9. The molecule has 1 heterocycles. The van der Waals surface area contributed by atoms with Crippen molar-refractivity contribution in [3.8, 4) is 0 Å². The van der Waals surface area contributed by atoms with Gasteiger partial charge in [0.15, 0.2) is 5.96 Å². The molecule has 20 heavy (non-hydrogen) atoms. The van der Waals surface area contributed by atoms with Crippen LogP contribution in [0.1, 0.15) is 19.8 Å². The Morgan fingerprint density at radius 1 is 1.40 bits per heavy atom. The Morgan fingerprint density at radius 3 is 2.90 bits per heavy atom. The fourth-order valence-corrected chi connectivity index (χ4v) is 2.35. The lowest BCUT2D eigenvalue weighted by Crippen LogP contribution is -2.40. The van der Waals surface area contributed by atoms with Crippen molar-refractivity contribution < 1.29 is 0 Å². The maximum absolute atomic E-state index is 4.24. The van der Waals surface area contributed by atoms with E-state index >= 15 is 0 Å². The van der Waals surface area contributed by atoms with E-state index in [4.69, 9.17) is 0 Å². The van der Waals surface area contributed by atoms with Gasteiger partial charge in [0.05, 0.1) is 0 Å². The molecule has 0 spiro atoms. The van der Waals surface area contributed by atoms with Crippen molar-refractivity contribution in [1.29, 1.82) is 0 Å². The van der Waals surface area contributed by atoms with Gasteiger partial charge in [0.2, 0.25) is 0 Å². The summed E-state index contributed by atoms with van der Waals surface area (Å²) in [5.41, 5.74) is 0. The van der Waals surface area contributed by atoms with Crippen molar-refractivity contribution in [2.45, 2.75) is 26.3 Å². The summed E-state index contributed by atoms with van der Waals surface area (Å²) in [6.07, 6.45) is 8.39. The number of aliphatic imine (C=N–C) groups is 1. The van der Waals surface area contributed by atoms with E-state index in [1.54, 1.807) is 0 Å². The van der Waals surface area contributed by atoms with Crippen LogP contribution in [0.5, 0.6) is 0 Å². The predicted octanol–water partition coefficient (Wildman–Crippen LogP) is 1.83. The number of nitrogens with zero attached hydrogens (tertiary/aromatic N) is 3. The lowest BCUT2D eigenvalue weighted by Gasteiger charge is -2.16. The second-order valence-corrected chi connectivity index (χ2v) is 5.90. The number of unbranched alkanes of at least 4 members (excludes halogenated alkanes) is 1. The summed E-state index contributed by atoms with van der Waals surface area (Å²) in [5.74, 6) is 2.63. The molecule has 0 saturated heterocycles. The second kappa shape index (κ2) is 10.6. The minimum atomic E-state index is 0.505. The smallest absolute Gasteiger partial charge is 0.190 e. The molecule has 6 heteroatoms. The van der Waals surface area contributed by atoms with Crippen LogP contribution in [-0.4, -0.2) is 47.9 Å². The average Bonchev–Trinajstić information content (AvgIpc) is 2.94. The third kappa shape index (κ3) is 7.43. The summed E-state index contributed by atoms with van der Waals surface area (Å²) in [7, 11) is 1.81. The van der Waals surface area contributed by atoms with Gasteiger partial charge >= 0.3 is 0 Å². The minimum absolute atomic E-state index is 0.505. The van der Waals surface area contributed by atoms with Gasteiger partial charge in [0.1, 0.15) is 0 Å². The Kier molecular flexibility index (Phi) is 8.95. The lowest BCUT2D eigenvalue weighted by atomic mass is 10.2. The van der Waals surface area contributed by atoms with Gasteiger partial charge in [0, 0.05) is 39.1 Å². The SMILES string of the molecule is CN=C(NCCCCSC)NCC(C)Cn1cccn1. The third-order valence-electron chi connectivity index (χ3n) is 2.97. The Bertz CT molecular complexity index is 364. The molecule has 114 valence electrons. The number of guanidine groups is 1. The van der Waals surface area contributed by atoms with Crippen LogP contribution >= 0.6 is 11.8 Å². The molecule has 0 radical (unpaired) electrons. The molecule has 0 amide bonds. The summed E-state index contributed by atoms with van der Waals surface area (Å²) < 4.78 is 1.96. The van der Waals surface area contributed by atoms with Crippen LogP contribution in [-0.2, 0) is 6.54 Å². The van der Waals surface area contributed by atoms with E-state index in [-0.39, 0.29) is 0 Å². The quantitative estimate of drug-likeness (QED) is 0.415. The minimum Gasteiger partial charge on any atom is -0.356 e. The van der Waals surface area contributed by atoms with E-state index in [0.717, 1.165) is 25.6 Å². The molecule has 0 saturated carbocycles. The first kappa shape index (κ1) is 16.9. The number of hydrogen-bond donors (Lipinski definition) is 2. The summed E-state index contributed by atoms with van der Waals surface area (Å²) in [6, 6.07) is 1.95. The number of thioether (sulfide) groups is 1. The first-order chi connectivity index (χ1) is 9.76. The molecule has 0 fully saturated rings. The molecular formula is C14H27N5S. The number of hydrogen-bond acceptors (Lipinski definition) is 3. The normalized spacial score (nSPS) is 13.2. The Balaban J connectivity index is 2.14. The van der Waals surface area contributed by atoms with Crippen molar-refractivity contribution in [1.82, 2.24) is 20.4 Å². The highest BCUT2D eigenvalue weighted by atomic mass is 32.2. The Hall–Kier alpha value is -1.17. The van der Waals surface area contributed by atoms with Gasteiger partial charge in [-0.05, 0) is 36.8 Å². The van der Waals surface area contributed by atoms with Gasteiger partial charge in [-0.3, -0.25) is 9.67 Å². The fourth-order valence-electron chi connectivity index (χ4n) is 1.86. The average molecular weight is 297 g/mol. The highest BCUT2D eigenvalue weighted by Crippen LogP contribution is 1.99. The molecule has 1 atom stereocenters. The molecule has 1 aromatic heterocycles. The summed E-state index contributed by atoms with van der Waals surface area (Å²) in [6.45, 7) is 5.00. The molecule has 0 aliphatic carbocycles. The zero-order valence-electron chi connectivity index (χ0n) is 12.8. The molecule has 1 unspecified atom stereocenters. The highest BCUT2D eigenvalue weighted by Gasteiger charge is 2.04. The summed E-state index contributed by atoms with van der Waals surface area (Å²) in [4.78, 5) is 4.24. The fraction of sp³-hybridized carbons (Fsp3) is 0.714. The molecule has 5 nitrogen and oxygen atoms in total. The van der Waals surface area contributed by atoms with E-state index in [0.29, 0.717) is 5.92 Å². The third-order valence-corrected chi connectivity index (χ3v) is 3.66. The van der Waals surface area contributed by atoms with E-state index < -0.39 is 0 Å². The van der Waals surface area contributed by atoms with Crippen LogP contribution < -0.4 is 10.6 Å². The van der Waals surface area contributed by atoms with Crippen molar-refractivity contribution in [2.75, 3.05) is 32.1 Å². The van der Waals surface area contributed by atoms with Crippen LogP contribution in [0.4, 0.5) is 0 Å². The molecule has 1 rings (SSSR count). The van der Waals surface area contributed by atoms with E-state index in [9.17, 15) is 0 Å². The Labute approximate surface area is 126 Å². The van der Waals surface area contributed by atoms with Gasteiger partial charge in [-0.25, -0.2) is 0 Å². The maximum atomic E-state index is 4.24. The lowest BCUT2D eigenvalue weighted by molar-refractivity contribution is 0.443. The van der Waals surface area contributed by atoms with Crippen molar-refractivity contribution in [3.05, 3.63) is 18.5 Å². The first-order valence-corrected chi connectivity index (χ1v) is 8.56. The van der Waals surface area contributed by atoms with Gasteiger partial charge in [0.25, 0.3) is 0 Å². The van der Waals surface area contributed by atoms with Gasteiger partial charge in [-0.15, -0.1) is 0 Å². The molecule has 0 aromatic carbocycles. The van der Waals surface area contributed by atoms with Crippen molar-refractivity contribution in [3.63, 3.8) is 0 Å². The molecule has 0 aliphatic heterocycles. The van der Waals surface area contributed by atoms with Gasteiger partial charge in [-0.1, -0.05) is 6.92 Å². The predicted molar refractivity (Wildman–Crippen MR) is 88.4 cm³/mol. The van der Waals surface area contributed by atoms with Crippen LogP contribution in [0.2, 0.25) is 0 Å². The number of rotatable bonds is 9. The van der Waals surface area contributed by atoms with E-state index in [1.165, 1.54) is 18.6 Å². The number of aromatic nitrogens is 2. The van der Waals surface area contributed by atoms with Gasteiger partial charge in [-0.2, -0.15) is 16.9 Å². The van der Waals surface area contributed by atoms with E-state index in [2.05, 4.69) is 33.9 Å². The standard InChI is InChI=1S/C14H27N5S/c1-13(12-19-9-6-8-18-19)11-17-14(15-2)16-7-4-5-10-20-3/h6,8-9,13H,4-5,7,10-12H2,1-3H3,(H2,15,16,17). The summed E-state index contributed by atoms with van der Waals surface area (Å²) >= 11 is 1.90. The molecule has 1 aromatic rings. The van der Waals surface area contributed by atoms with Crippen LogP contribution in [0.25, 0.3) is 0 Å². The molecule has 0 bridgehead atoms. The van der Waals surface area contributed by atoms with Crippen molar-refractivity contribution >= 4 is 17.7 Å². The van der Waals surface area contributed by atoms with Crippen LogP contribution in [0.15, 0.2) is 23.5 Å². The highest BCUT2D eigenvalue weighted by molar-refractivity contribution is 7.98. The molecule has 0 aliphatic rings.